The summed E-state index contributed by atoms with van der Waals surface area (Å²) in [6.07, 6.45) is 3.09. The first-order valence-electron chi connectivity index (χ1n) is 12.0. The highest BCUT2D eigenvalue weighted by molar-refractivity contribution is 6.30. The van der Waals surface area contributed by atoms with Gasteiger partial charge in [-0.05, 0) is 87.0 Å². The van der Waals surface area contributed by atoms with Gasteiger partial charge in [-0.2, -0.15) is 0 Å². The Morgan fingerprint density at radius 2 is 1.13 bits per heavy atom. The fraction of sp³-hybridized carbons (Fsp3) is 0.103. The van der Waals surface area contributed by atoms with E-state index in [1.807, 2.05) is 39.0 Å². The Hall–Kier alpha value is -4.40. The Morgan fingerprint density at radius 1 is 0.667 bits per heavy atom. The number of halogens is 2. The minimum absolute atomic E-state index is 0.217. The Labute approximate surface area is 233 Å². The van der Waals surface area contributed by atoms with Crippen molar-refractivity contribution >= 4 is 47.0 Å². The van der Waals surface area contributed by atoms with E-state index in [0.29, 0.717) is 55.3 Å². The van der Waals surface area contributed by atoms with Gasteiger partial charge in [0.25, 0.3) is 11.1 Å². The third-order valence-electron chi connectivity index (χ3n) is 6.27. The van der Waals surface area contributed by atoms with Crippen molar-refractivity contribution in [1.29, 1.82) is 0 Å². The summed E-state index contributed by atoms with van der Waals surface area (Å²) < 4.78 is 2.91. The zero-order valence-electron chi connectivity index (χ0n) is 21.4. The molecule has 0 radical (unpaired) electrons. The number of nitrogens with zero attached hydrogens (tertiary/aromatic N) is 4. The molecular formula is C29H24Cl2N6O2. The van der Waals surface area contributed by atoms with Gasteiger partial charge in [0.15, 0.2) is 0 Å². The standard InChI is InChI=1S/C29H24Cl2N6O2/c1-17-4-9-22(32-15-25-18(2)34-36(28(25)38)23-10-5-20(30)6-11-23)14-27(17)33-16-26-19(3)35-37(29(26)39)24-12-7-21(31)8-13-24/h4-16,34-35H,1-3H3. The van der Waals surface area contributed by atoms with Crippen molar-refractivity contribution in [1.82, 2.24) is 19.6 Å². The number of H-pyrrole nitrogens is 2. The number of nitrogens with one attached hydrogen (secondary N) is 2. The molecule has 0 spiro atoms. The number of aliphatic imine (C=N–C) groups is 2. The van der Waals surface area contributed by atoms with Gasteiger partial charge >= 0.3 is 0 Å². The second kappa shape index (κ2) is 10.8. The summed E-state index contributed by atoms with van der Waals surface area (Å²) in [5, 5.41) is 7.34. The van der Waals surface area contributed by atoms with Crippen LogP contribution >= 0.6 is 23.2 Å². The van der Waals surface area contributed by atoms with Crippen LogP contribution in [0.25, 0.3) is 11.4 Å². The van der Waals surface area contributed by atoms with E-state index in [9.17, 15) is 9.59 Å². The fourth-order valence-corrected chi connectivity index (χ4v) is 4.31. The average molecular weight is 559 g/mol. The molecule has 196 valence electrons. The number of hydrogen-bond acceptors (Lipinski definition) is 4. The Kier molecular flexibility index (Phi) is 7.24. The molecule has 5 aromatic rings. The van der Waals surface area contributed by atoms with Gasteiger partial charge in [-0.3, -0.25) is 29.8 Å². The largest absolute Gasteiger partial charge is 0.295 e. The number of rotatable bonds is 6. The lowest BCUT2D eigenvalue weighted by Crippen LogP contribution is -2.17. The summed E-state index contributed by atoms with van der Waals surface area (Å²) in [4.78, 5) is 35.2. The summed E-state index contributed by atoms with van der Waals surface area (Å²) in [6.45, 7) is 5.56. The molecule has 0 aliphatic rings. The lowest BCUT2D eigenvalue weighted by Gasteiger charge is -2.01. The van der Waals surface area contributed by atoms with E-state index in [4.69, 9.17) is 23.2 Å². The highest BCUT2D eigenvalue weighted by atomic mass is 35.5. The quantitative estimate of drug-likeness (QED) is 0.236. The second-order valence-electron chi connectivity index (χ2n) is 9.02. The van der Waals surface area contributed by atoms with Crippen LogP contribution in [0.2, 0.25) is 10.0 Å². The number of aryl methyl sites for hydroxylation is 3. The molecule has 0 amide bonds. The van der Waals surface area contributed by atoms with Gasteiger partial charge in [0.1, 0.15) is 0 Å². The van der Waals surface area contributed by atoms with E-state index in [-0.39, 0.29) is 11.1 Å². The van der Waals surface area contributed by atoms with Crippen LogP contribution in [0.15, 0.2) is 86.3 Å². The van der Waals surface area contributed by atoms with Crippen LogP contribution in [0.5, 0.6) is 0 Å². The summed E-state index contributed by atoms with van der Waals surface area (Å²) in [7, 11) is 0. The zero-order valence-corrected chi connectivity index (χ0v) is 22.9. The van der Waals surface area contributed by atoms with E-state index in [1.54, 1.807) is 61.0 Å². The molecule has 2 N–H and O–H groups in total. The molecule has 5 rings (SSSR count). The van der Waals surface area contributed by atoms with Crippen LogP contribution < -0.4 is 11.1 Å². The van der Waals surface area contributed by atoms with E-state index < -0.39 is 0 Å². The number of aromatic nitrogens is 4. The van der Waals surface area contributed by atoms with Crippen molar-refractivity contribution in [3.05, 3.63) is 126 Å². The lowest BCUT2D eigenvalue weighted by molar-refractivity contribution is 0.835. The normalized spacial score (nSPS) is 11.7. The van der Waals surface area contributed by atoms with Crippen molar-refractivity contribution in [2.75, 3.05) is 0 Å². The highest BCUT2D eigenvalue weighted by Crippen LogP contribution is 2.25. The lowest BCUT2D eigenvalue weighted by atomic mass is 10.2. The maximum atomic E-state index is 13.0. The zero-order chi connectivity index (χ0) is 27.7. The van der Waals surface area contributed by atoms with Crippen LogP contribution in [0.4, 0.5) is 11.4 Å². The Balaban J connectivity index is 1.42. The van der Waals surface area contributed by atoms with Gasteiger partial charge in [0, 0.05) is 33.9 Å². The maximum Gasteiger partial charge on any atom is 0.280 e. The molecule has 0 aliphatic heterocycles. The average Bonchev–Trinajstić information content (AvgIpc) is 3.37. The summed E-state index contributed by atoms with van der Waals surface area (Å²) in [5.41, 5.74) is 5.37. The molecule has 0 fully saturated rings. The minimum Gasteiger partial charge on any atom is -0.295 e. The first-order chi connectivity index (χ1) is 18.7. The van der Waals surface area contributed by atoms with Gasteiger partial charge in [-0.15, -0.1) is 0 Å². The summed E-state index contributed by atoms with van der Waals surface area (Å²) >= 11 is 11.9. The van der Waals surface area contributed by atoms with Crippen LogP contribution in [0.1, 0.15) is 28.1 Å². The third-order valence-corrected chi connectivity index (χ3v) is 6.78. The van der Waals surface area contributed by atoms with Gasteiger partial charge in [-0.25, -0.2) is 9.36 Å². The fourth-order valence-electron chi connectivity index (χ4n) is 4.06. The minimum atomic E-state index is -0.219. The topological polar surface area (TPSA) is 100 Å². The predicted octanol–water partition coefficient (Wildman–Crippen LogP) is 6.38. The van der Waals surface area contributed by atoms with Crippen molar-refractivity contribution in [2.24, 2.45) is 9.98 Å². The maximum absolute atomic E-state index is 13.0. The van der Waals surface area contributed by atoms with Crippen LogP contribution in [-0.4, -0.2) is 32.0 Å². The van der Waals surface area contributed by atoms with Crippen LogP contribution in [0, 0.1) is 20.8 Å². The SMILES string of the molecule is Cc1ccc(N=Cc2c(C)[nH]n(-c3ccc(Cl)cc3)c2=O)cc1N=Cc1c(C)[nH]n(-c2ccc(Cl)cc2)c1=O. The first-order valence-corrected chi connectivity index (χ1v) is 12.8. The van der Waals surface area contributed by atoms with Crippen LogP contribution in [0.3, 0.4) is 0 Å². The predicted molar refractivity (Wildman–Crippen MR) is 158 cm³/mol. The third kappa shape index (κ3) is 5.43. The van der Waals surface area contributed by atoms with E-state index in [0.717, 1.165) is 5.56 Å². The molecular weight excluding hydrogens is 535 g/mol. The van der Waals surface area contributed by atoms with Crippen LogP contribution in [-0.2, 0) is 0 Å². The van der Waals surface area contributed by atoms with E-state index in [1.165, 1.54) is 9.36 Å². The first kappa shape index (κ1) is 26.2. The molecule has 0 saturated heterocycles. The summed E-state index contributed by atoms with van der Waals surface area (Å²) in [6, 6.07) is 19.5. The van der Waals surface area contributed by atoms with Crippen molar-refractivity contribution in [3.63, 3.8) is 0 Å². The summed E-state index contributed by atoms with van der Waals surface area (Å²) in [5.74, 6) is 0. The smallest absolute Gasteiger partial charge is 0.280 e. The molecule has 0 unspecified atom stereocenters. The Morgan fingerprint density at radius 3 is 1.62 bits per heavy atom. The number of aromatic amines is 2. The Bertz CT molecular complexity index is 1840. The monoisotopic (exact) mass is 558 g/mol. The van der Waals surface area contributed by atoms with Gasteiger partial charge in [0.05, 0.1) is 33.9 Å². The molecule has 8 nitrogen and oxygen atoms in total. The molecule has 0 bridgehead atoms. The molecule has 2 aromatic heterocycles. The van der Waals surface area contributed by atoms with Crippen molar-refractivity contribution < 1.29 is 0 Å². The van der Waals surface area contributed by atoms with E-state index >= 15 is 0 Å². The molecule has 0 atom stereocenters. The number of benzene rings is 3. The van der Waals surface area contributed by atoms with Gasteiger partial charge < -0.3 is 0 Å². The molecule has 10 heteroatoms. The molecule has 0 saturated carbocycles. The van der Waals surface area contributed by atoms with Gasteiger partial charge in [-0.1, -0.05) is 29.3 Å². The van der Waals surface area contributed by atoms with E-state index in [2.05, 4.69) is 20.2 Å². The highest BCUT2D eigenvalue weighted by Gasteiger charge is 2.12. The molecule has 2 heterocycles. The number of hydrogen-bond donors (Lipinski definition) is 2. The molecule has 39 heavy (non-hydrogen) atoms. The molecule has 0 aliphatic carbocycles. The van der Waals surface area contributed by atoms with Crippen molar-refractivity contribution in [2.45, 2.75) is 20.8 Å². The second-order valence-corrected chi connectivity index (χ2v) is 9.89. The molecule has 3 aromatic carbocycles. The van der Waals surface area contributed by atoms with Gasteiger partial charge in [0.2, 0.25) is 0 Å². The van der Waals surface area contributed by atoms with Crippen molar-refractivity contribution in [3.8, 4) is 11.4 Å².